The molecule has 2 aromatic rings. The van der Waals surface area contributed by atoms with Gasteiger partial charge in [-0.05, 0) is 31.4 Å². The normalized spacial score (nSPS) is 15.2. The highest BCUT2D eigenvalue weighted by molar-refractivity contribution is 5.68. The number of nitrogens with two attached hydrogens (primary N) is 1. The highest BCUT2D eigenvalue weighted by Gasteiger charge is 2.20. The number of nitrogen functional groups attached to an aromatic ring is 1. The van der Waals surface area contributed by atoms with Gasteiger partial charge < -0.3 is 15.2 Å². The maximum absolute atomic E-state index is 9.49. The fourth-order valence-electron chi connectivity index (χ4n) is 3.32. The molecule has 0 radical (unpaired) electrons. The van der Waals surface area contributed by atoms with Crippen LogP contribution in [-0.4, -0.2) is 17.7 Å². The molecule has 2 N–H and O–H groups in total. The van der Waals surface area contributed by atoms with Crippen LogP contribution in [0.5, 0.6) is 0 Å². The molecule has 1 aromatic carbocycles. The molecule has 1 aliphatic rings. The van der Waals surface area contributed by atoms with Crippen LogP contribution < -0.4 is 10.6 Å². The Hall–Kier alpha value is -2.41. The van der Waals surface area contributed by atoms with E-state index in [2.05, 4.69) is 46.7 Å². The molecule has 23 heavy (non-hydrogen) atoms. The Morgan fingerprint density at radius 1 is 1.09 bits per heavy atom. The molecule has 2 heterocycles. The van der Waals surface area contributed by atoms with Crippen molar-refractivity contribution in [2.24, 2.45) is 0 Å². The van der Waals surface area contributed by atoms with Crippen molar-refractivity contribution < 1.29 is 0 Å². The molecule has 1 aromatic heterocycles. The summed E-state index contributed by atoms with van der Waals surface area (Å²) in [5, 5.41) is 9.49. The third-order valence-electron chi connectivity index (χ3n) is 4.58. The van der Waals surface area contributed by atoms with Crippen molar-refractivity contribution in [3.8, 4) is 6.07 Å². The summed E-state index contributed by atoms with van der Waals surface area (Å²) in [6.07, 6.45) is 4.94. The summed E-state index contributed by atoms with van der Waals surface area (Å²) in [5.41, 5.74) is 10.1. The molecular formula is C19H24N4. The molecule has 0 saturated carbocycles. The predicted octanol–water partition coefficient (Wildman–Crippen LogP) is 3.68. The second kappa shape index (κ2) is 6.78. The fourth-order valence-corrected chi connectivity index (χ4v) is 3.32. The minimum Gasteiger partial charge on any atom is -0.396 e. The zero-order chi connectivity index (χ0) is 16.2. The molecule has 0 unspecified atom stereocenters. The topological polar surface area (TPSA) is 58.0 Å². The second-order valence-corrected chi connectivity index (χ2v) is 6.39. The van der Waals surface area contributed by atoms with Crippen molar-refractivity contribution in [1.82, 2.24) is 4.57 Å². The quantitative estimate of drug-likeness (QED) is 0.941. The van der Waals surface area contributed by atoms with E-state index in [-0.39, 0.29) is 0 Å². The van der Waals surface area contributed by atoms with Crippen molar-refractivity contribution in [3.63, 3.8) is 0 Å². The van der Waals surface area contributed by atoms with Gasteiger partial charge in [-0.3, -0.25) is 0 Å². The molecule has 1 aliphatic heterocycles. The number of benzene rings is 1. The lowest BCUT2D eigenvalue weighted by atomic mass is 10.1. The second-order valence-electron chi connectivity index (χ2n) is 6.39. The van der Waals surface area contributed by atoms with E-state index in [4.69, 9.17) is 5.73 Å². The Balaban J connectivity index is 1.96. The van der Waals surface area contributed by atoms with Gasteiger partial charge in [-0.25, -0.2) is 0 Å². The van der Waals surface area contributed by atoms with Gasteiger partial charge >= 0.3 is 0 Å². The largest absolute Gasteiger partial charge is 0.396 e. The molecule has 0 amide bonds. The van der Waals surface area contributed by atoms with Gasteiger partial charge in [0.2, 0.25) is 0 Å². The number of aryl methyl sites for hydroxylation is 1. The number of hydrogen-bond acceptors (Lipinski definition) is 3. The zero-order valence-electron chi connectivity index (χ0n) is 13.8. The summed E-state index contributed by atoms with van der Waals surface area (Å²) < 4.78 is 2.07. The average molecular weight is 308 g/mol. The van der Waals surface area contributed by atoms with Gasteiger partial charge in [0.15, 0.2) is 0 Å². The van der Waals surface area contributed by atoms with E-state index in [1.165, 1.54) is 36.8 Å². The summed E-state index contributed by atoms with van der Waals surface area (Å²) in [4.78, 5) is 2.36. The minimum absolute atomic E-state index is 0.641. The van der Waals surface area contributed by atoms with Crippen molar-refractivity contribution in [3.05, 3.63) is 47.2 Å². The van der Waals surface area contributed by atoms with E-state index >= 15 is 0 Å². The molecule has 0 spiro atoms. The fraction of sp³-hybridized carbons (Fsp3) is 0.421. The SMILES string of the molecule is Cc1ccc(Cn2c(C#N)cc(N)c2N2CCCCCC2)cc1. The first kappa shape index (κ1) is 15.5. The third kappa shape index (κ3) is 3.34. The first-order chi connectivity index (χ1) is 11.2. The number of hydrogen-bond donors (Lipinski definition) is 1. The molecular weight excluding hydrogens is 284 g/mol. The Kier molecular flexibility index (Phi) is 4.57. The van der Waals surface area contributed by atoms with E-state index in [0.29, 0.717) is 12.2 Å². The highest BCUT2D eigenvalue weighted by atomic mass is 15.3. The lowest BCUT2D eigenvalue weighted by Crippen LogP contribution is -2.27. The van der Waals surface area contributed by atoms with Gasteiger partial charge in [0, 0.05) is 13.1 Å². The Labute approximate surface area is 138 Å². The highest BCUT2D eigenvalue weighted by Crippen LogP contribution is 2.30. The molecule has 4 nitrogen and oxygen atoms in total. The van der Waals surface area contributed by atoms with Gasteiger partial charge in [0.25, 0.3) is 0 Å². The van der Waals surface area contributed by atoms with Crippen LogP contribution in [0, 0.1) is 18.3 Å². The van der Waals surface area contributed by atoms with Gasteiger partial charge in [-0.15, -0.1) is 0 Å². The van der Waals surface area contributed by atoms with Crippen LogP contribution in [0.1, 0.15) is 42.5 Å². The average Bonchev–Trinajstić information content (AvgIpc) is 2.73. The van der Waals surface area contributed by atoms with Crippen LogP contribution >= 0.6 is 0 Å². The van der Waals surface area contributed by atoms with Crippen LogP contribution in [0.25, 0.3) is 0 Å². The zero-order valence-corrected chi connectivity index (χ0v) is 13.8. The van der Waals surface area contributed by atoms with Crippen LogP contribution in [0.15, 0.2) is 30.3 Å². The molecule has 3 rings (SSSR count). The van der Waals surface area contributed by atoms with Crippen molar-refractivity contribution in [2.45, 2.75) is 39.2 Å². The molecule has 0 aliphatic carbocycles. The Morgan fingerprint density at radius 2 is 1.74 bits per heavy atom. The van der Waals surface area contributed by atoms with Gasteiger partial charge in [0.1, 0.15) is 17.6 Å². The molecule has 1 saturated heterocycles. The van der Waals surface area contributed by atoms with E-state index in [1.54, 1.807) is 0 Å². The van der Waals surface area contributed by atoms with Crippen molar-refractivity contribution in [1.29, 1.82) is 5.26 Å². The summed E-state index contributed by atoms with van der Waals surface area (Å²) in [6, 6.07) is 12.6. The smallest absolute Gasteiger partial charge is 0.133 e. The van der Waals surface area contributed by atoms with Crippen molar-refractivity contribution in [2.75, 3.05) is 23.7 Å². The maximum atomic E-state index is 9.49. The first-order valence-corrected chi connectivity index (χ1v) is 8.38. The third-order valence-corrected chi connectivity index (χ3v) is 4.58. The molecule has 1 fully saturated rings. The summed E-state index contributed by atoms with van der Waals surface area (Å²) in [7, 11) is 0. The number of nitrogens with zero attached hydrogens (tertiary/aromatic N) is 3. The van der Waals surface area contributed by atoms with Gasteiger partial charge in [-0.2, -0.15) is 5.26 Å². The number of anilines is 2. The predicted molar refractivity (Wildman–Crippen MR) is 94.5 cm³/mol. The van der Waals surface area contributed by atoms with Crippen molar-refractivity contribution >= 4 is 11.5 Å². The number of rotatable bonds is 3. The van der Waals surface area contributed by atoms with Crippen LogP contribution in [0.3, 0.4) is 0 Å². The van der Waals surface area contributed by atoms with E-state index < -0.39 is 0 Å². The standard InChI is InChI=1S/C19H24N4/c1-15-6-8-16(9-7-15)14-23-17(13-20)12-18(21)19(23)22-10-4-2-3-5-11-22/h6-9,12H,2-5,10-11,14,21H2,1H3. The Bertz CT molecular complexity index is 698. The summed E-state index contributed by atoms with van der Waals surface area (Å²) in [6.45, 7) is 4.81. The number of aromatic nitrogens is 1. The van der Waals surface area contributed by atoms with Crippen LogP contribution in [-0.2, 0) is 6.54 Å². The van der Waals surface area contributed by atoms with Crippen LogP contribution in [0.2, 0.25) is 0 Å². The first-order valence-electron chi connectivity index (χ1n) is 8.38. The monoisotopic (exact) mass is 308 g/mol. The number of nitriles is 1. The maximum Gasteiger partial charge on any atom is 0.133 e. The lowest BCUT2D eigenvalue weighted by molar-refractivity contribution is 0.715. The lowest BCUT2D eigenvalue weighted by Gasteiger charge is -2.25. The molecule has 120 valence electrons. The minimum atomic E-state index is 0.641. The molecule has 4 heteroatoms. The van der Waals surface area contributed by atoms with E-state index in [9.17, 15) is 5.26 Å². The molecule has 0 bridgehead atoms. The van der Waals surface area contributed by atoms with Gasteiger partial charge in [0.05, 0.1) is 12.2 Å². The summed E-state index contributed by atoms with van der Waals surface area (Å²) in [5.74, 6) is 1.02. The van der Waals surface area contributed by atoms with Crippen LogP contribution in [0.4, 0.5) is 11.5 Å². The Morgan fingerprint density at radius 3 is 2.35 bits per heavy atom. The van der Waals surface area contributed by atoms with E-state index in [0.717, 1.165) is 24.6 Å². The molecule has 0 atom stereocenters. The van der Waals surface area contributed by atoms with E-state index in [1.807, 2.05) is 6.07 Å². The van der Waals surface area contributed by atoms with Gasteiger partial charge in [-0.1, -0.05) is 42.7 Å². The summed E-state index contributed by atoms with van der Waals surface area (Å²) >= 11 is 0.